The summed E-state index contributed by atoms with van der Waals surface area (Å²) in [4.78, 5) is 31.2. The van der Waals surface area contributed by atoms with Gasteiger partial charge in [0, 0.05) is 55.2 Å². The molecule has 2 aromatic rings. The number of benzene rings is 2. The number of rotatable bonds is 6. The molecule has 2 amide bonds. The third-order valence-corrected chi connectivity index (χ3v) is 9.01. The van der Waals surface area contributed by atoms with Crippen LogP contribution in [-0.4, -0.2) is 63.1 Å². The van der Waals surface area contributed by atoms with Crippen molar-refractivity contribution in [2.75, 3.05) is 41.7 Å². The van der Waals surface area contributed by atoms with Crippen molar-refractivity contribution in [2.24, 2.45) is 0 Å². The maximum Gasteiger partial charge on any atom is 0.226 e. The number of fused-ring (bicyclic) bond motifs is 1. The predicted octanol–water partition coefficient (Wildman–Crippen LogP) is 3.96. The summed E-state index contributed by atoms with van der Waals surface area (Å²) >= 11 is 3.41. The fraction of sp³-hybridized carbons (Fsp3) is 0.462. The Morgan fingerprint density at radius 1 is 1.09 bits per heavy atom. The molecule has 2 aliphatic rings. The van der Waals surface area contributed by atoms with E-state index in [1.165, 1.54) is 5.56 Å². The molecule has 2 heterocycles. The molecular formula is C26H32BrN3O4S. The van der Waals surface area contributed by atoms with Crippen LogP contribution in [0.4, 0.5) is 11.4 Å². The highest BCUT2D eigenvalue weighted by molar-refractivity contribution is 9.10. The molecule has 0 aliphatic carbocycles. The monoisotopic (exact) mass is 561 g/mol. The molecule has 0 N–H and O–H groups in total. The van der Waals surface area contributed by atoms with Crippen molar-refractivity contribution in [3.63, 3.8) is 0 Å². The van der Waals surface area contributed by atoms with Gasteiger partial charge in [-0.1, -0.05) is 35.0 Å². The Morgan fingerprint density at radius 3 is 2.54 bits per heavy atom. The lowest BCUT2D eigenvalue weighted by Crippen LogP contribution is -2.54. The molecule has 0 spiro atoms. The highest BCUT2D eigenvalue weighted by Gasteiger charge is 2.33. The summed E-state index contributed by atoms with van der Waals surface area (Å²) in [6.45, 7) is 8.21. The molecule has 2 aliphatic heterocycles. The van der Waals surface area contributed by atoms with E-state index in [1.807, 2.05) is 12.1 Å². The topological polar surface area (TPSA) is 78.0 Å². The molecule has 9 heteroatoms. The smallest absolute Gasteiger partial charge is 0.226 e. The van der Waals surface area contributed by atoms with Crippen LogP contribution in [0.15, 0.2) is 45.8 Å². The van der Waals surface area contributed by atoms with Gasteiger partial charge in [-0.25, -0.2) is 8.42 Å². The van der Waals surface area contributed by atoms with Gasteiger partial charge in [-0.3, -0.25) is 9.59 Å². The first kappa shape index (κ1) is 25.7. The largest absolute Gasteiger partial charge is 0.365 e. The van der Waals surface area contributed by atoms with Gasteiger partial charge in [-0.2, -0.15) is 0 Å². The Bertz CT molecular complexity index is 1250. The molecule has 0 saturated carbocycles. The Hall–Kier alpha value is -2.39. The number of nitrogens with zero attached hydrogens (tertiary/aromatic N) is 3. The lowest BCUT2D eigenvalue weighted by molar-refractivity contribution is -0.131. The highest BCUT2D eigenvalue weighted by atomic mass is 79.9. The second-order valence-electron chi connectivity index (χ2n) is 9.35. The van der Waals surface area contributed by atoms with E-state index in [0.29, 0.717) is 49.2 Å². The molecule has 0 aromatic heterocycles. The van der Waals surface area contributed by atoms with E-state index in [4.69, 9.17) is 0 Å². The lowest BCUT2D eigenvalue weighted by Gasteiger charge is -2.41. The summed E-state index contributed by atoms with van der Waals surface area (Å²) in [5.41, 5.74) is 3.65. The van der Waals surface area contributed by atoms with Crippen LogP contribution in [0.1, 0.15) is 37.8 Å². The molecular weight excluding hydrogens is 530 g/mol. The van der Waals surface area contributed by atoms with Crippen LogP contribution < -0.4 is 9.80 Å². The fourth-order valence-electron chi connectivity index (χ4n) is 5.01. The maximum atomic E-state index is 13.4. The Balaban J connectivity index is 1.45. The Kier molecular flexibility index (Phi) is 7.57. The molecule has 7 nitrogen and oxygen atoms in total. The Morgan fingerprint density at radius 2 is 1.86 bits per heavy atom. The molecule has 35 heavy (non-hydrogen) atoms. The van der Waals surface area contributed by atoms with E-state index in [-0.39, 0.29) is 34.9 Å². The van der Waals surface area contributed by atoms with Crippen molar-refractivity contribution in [1.82, 2.24) is 4.90 Å². The van der Waals surface area contributed by atoms with Gasteiger partial charge in [-0.05, 0) is 55.7 Å². The van der Waals surface area contributed by atoms with Crippen molar-refractivity contribution < 1.29 is 18.0 Å². The van der Waals surface area contributed by atoms with Crippen LogP contribution in [0.5, 0.6) is 0 Å². The zero-order valence-corrected chi connectivity index (χ0v) is 22.9. The van der Waals surface area contributed by atoms with E-state index in [2.05, 4.69) is 52.9 Å². The first-order chi connectivity index (χ1) is 16.6. The average molecular weight is 563 g/mol. The number of anilines is 2. The van der Waals surface area contributed by atoms with Gasteiger partial charge < -0.3 is 14.7 Å². The summed E-state index contributed by atoms with van der Waals surface area (Å²) in [6.07, 6.45) is 0.841. The minimum absolute atomic E-state index is 0.0808. The van der Waals surface area contributed by atoms with Crippen LogP contribution in [-0.2, 0) is 25.8 Å². The summed E-state index contributed by atoms with van der Waals surface area (Å²) < 4.78 is 27.4. The van der Waals surface area contributed by atoms with E-state index < -0.39 is 9.84 Å². The highest BCUT2D eigenvalue weighted by Crippen LogP contribution is 2.38. The van der Waals surface area contributed by atoms with E-state index >= 15 is 0 Å². The zero-order valence-electron chi connectivity index (χ0n) is 20.5. The van der Waals surface area contributed by atoms with Crippen LogP contribution in [0, 0.1) is 6.92 Å². The van der Waals surface area contributed by atoms with E-state index in [9.17, 15) is 18.0 Å². The molecule has 1 saturated heterocycles. The number of aryl methyl sites for hydroxylation is 1. The molecule has 0 radical (unpaired) electrons. The Labute approximate surface area is 216 Å². The number of carbonyl (C=O) groups is 2. The van der Waals surface area contributed by atoms with Gasteiger partial charge in [0.15, 0.2) is 9.84 Å². The average Bonchev–Trinajstić information content (AvgIpc) is 3.25. The van der Waals surface area contributed by atoms with Crippen molar-refractivity contribution in [1.29, 1.82) is 0 Å². The number of amides is 2. The van der Waals surface area contributed by atoms with Gasteiger partial charge in [0.2, 0.25) is 11.8 Å². The second-order valence-corrected chi connectivity index (χ2v) is 12.3. The summed E-state index contributed by atoms with van der Waals surface area (Å²) in [5.74, 6) is -0.536. The molecule has 4 rings (SSSR count). The van der Waals surface area contributed by atoms with E-state index in [0.717, 1.165) is 11.3 Å². The summed E-state index contributed by atoms with van der Waals surface area (Å²) in [6, 6.07) is 11.9. The van der Waals surface area contributed by atoms with Crippen molar-refractivity contribution in [3.05, 3.63) is 52.0 Å². The SMILES string of the molecule is CCC(=O)N1CCc2cc(Br)cc(S(=O)(=O)CCC(=O)N3CCN(c4cccc(C)c4)[C@@H](C)C3)c21. The molecule has 188 valence electrons. The van der Waals surface area contributed by atoms with Gasteiger partial charge >= 0.3 is 0 Å². The van der Waals surface area contributed by atoms with Crippen molar-refractivity contribution in [3.8, 4) is 0 Å². The molecule has 0 unspecified atom stereocenters. The van der Waals surface area contributed by atoms with Crippen molar-refractivity contribution in [2.45, 2.75) is 51.0 Å². The maximum absolute atomic E-state index is 13.4. The number of piperazine rings is 1. The van der Waals surface area contributed by atoms with Gasteiger partial charge in [0.1, 0.15) is 0 Å². The fourth-order valence-corrected chi connectivity index (χ4v) is 7.17. The normalized spacial score (nSPS) is 18.1. The molecule has 0 bridgehead atoms. The number of carbonyl (C=O) groups excluding carboxylic acids is 2. The second kappa shape index (κ2) is 10.3. The lowest BCUT2D eigenvalue weighted by atomic mass is 10.1. The predicted molar refractivity (Wildman–Crippen MR) is 142 cm³/mol. The van der Waals surface area contributed by atoms with Gasteiger partial charge in [0.05, 0.1) is 16.3 Å². The van der Waals surface area contributed by atoms with Crippen LogP contribution in [0.25, 0.3) is 0 Å². The standard InChI is InChI=1S/C26H32BrN3O4S/c1-4-24(31)30-10-8-20-15-21(27)16-23(26(20)30)35(33,34)13-9-25(32)28-11-12-29(19(3)17-28)22-7-5-6-18(2)14-22/h5-7,14-16,19H,4,8-13,17H2,1-3H3/t19-/m0/s1. The summed E-state index contributed by atoms with van der Waals surface area (Å²) in [7, 11) is -3.77. The first-order valence-electron chi connectivity index (χ1n) is 12.1. The molecule has 1 fully saturated rings. The molecule has 2 aromatic carbocycles. The summed E-state index contributed by atoms with van der Waals surface area (Å²) in [5, 5.41) is 0. The van der Waals surface area contributed by atoms with Crippen molar-refractivity contribution >= 4 is 49.0 Å². The van der Waals surface area contributed by atoms with Crippen LogP contribution in [0.2, 0.25) is 0 Å². The minimum atomic E-state index is -3.77. The van der Waals surface area contributed by atoms with E-state index in [1.54, 1.807) is 22.8 Å². The third kappa shape index (κ3) is 5.40. The number of sulfone groups is 1. The number of hydrogen-bond acceptors (Lipinski definition) is 5. The third-order valence-electron chi connectivity index (χ3n) is 6.83. The van der Waals surface area contributed by atoms with Crippen LogP contribution >= 0.6 is 15.9 Å². The number of hydrogen-bond donors (Lipinski definition) is 0. The van der Waals surface area contributed by atoms with Gasteiger partial charge in [0.25, 0.3) is 0 Å². The van der Waals surface area contributed by atoms with Crippen LogP contribution in [0.3, 0.4) is 0 Å². The first-order valence-corrected chi connectivity index (χ1v) is 14.5. The number of halogens is 1. The quantitative estimate of drug-likeness (QED) is 0.533. The molecule has 1 atom stereocenters. The zero-order chi connectivity index (χ0) is 25.3. The van der Waals surface area contributed by atoms with Gasteiger partial charge in [-0.15, -0.1) is 0 Å². The minimum Gasteiger partial charge on any atom is -0.365 e.